The monoisotopic (exact) mass is 304 g/mol. The van der Waals surface area contributed by atoms with Crippen LogP contribution in [-0.4, -0.2) is 22.8 Å². The molecule has 1 aromatic carbocycles. The van der Waals surface area contributed by atoms with E-state index in [1.54, 1.807) is 6.92 Å². The molecule has 0 bridgehead atoms. The van der Waals surface area contributed by atoms with Crippen LogP contribution in [0.2, 0.25) is 0 Å². The van der Waals surface area contributed by atoms with Crippen LogP contribution in [0.4, 0.5) is 0 Å². The van der Waals surface area contributed by atoms with Gasteiger partial charge in [-0.25, -0.2) is 4.79 Å². The summed E-state index contributed by atoms with van der Waals surface area (Å²) in [5.41, 5.74) is 3.01. The van der Waals surface area contributed by atoms with Crippen LogP contribution in [0.25, 0.3) is 0 Å². The van der Waals surface area contributed by atoms with Crippen molar-refractivity contribution in [3.05, 3.63) is 46.6 Å². The van der Waals surface area contributed by atoms with Crippen LogP contribution in [0, 0.1) is 6.92 Å². The van der Waals surface area contributed by atoms with Crippen molar-refractivity contribution in [1.29, 1.82) is 0 Å². The van der Waals surface area contributed by atoms with Crippen LogP contribution in [0.5, 0.6) is 11.5 Å². The summed E-state index contributed by atoms with van der Waals surface area (Å²) in [4.78, 5) is 12.0. The van der Waals surface area contributed by atoms with Gasteiger partial charge in [-0.05, 0) is 58.2 Å². The van der Waals surface area contributed by atoms with Gasteiger partial charge in [0.05, 0.1) is 0 Å². The van der Waals surface area contributed by atoms with Gasteiger partial charge in [0.1, 0.15) is 23.7 Å². The van der Waals surface area contributed by atoms with Gasteiger partial charge < -0.3 is 14.9 Å². The minimum Gasteiger partial charge on any atom is -0.508 e. The normalized spacial score (nSPS) is 11.2. The lowest BCUT2D eigenvalue weighted by Crippen LogP contribution is -2.07. The number of aryl methyl sites for hydroxylation is 1. The molecule has 0 aromatic heterocycles. The summed E-state index contributed by atoms with van der Waals surface area (Å²) in [6, 6.07) is 2.54. The third-order valence-electron chi connectivity index (χ3n) is 3.24. The van der Waals surface area contributed by atoms with Crippen LogP contribution < -0.4 is 0 Å². The number of aromatic hydroxyl groups is 2. The highest BCUT2D eigenvalue weighted by molar-refractivity contribution is 5.94. The van der Waals surface area contributed by atoms with Gasteiger partial charge in [-0.2, -0.15) is 0 Å². The fraction of sp³-hybridized carbons (Fsp3) is 0.389. The molecule has 0 aliphatic carbocycles. The predicted molar refractivity (Wildman–Crippen MR) is 87.2 cm³/mol. The first kappa shape index (κ1) is 17.8. The molecule has 22 heavy (non-hydrogen) atoms. The average molecular weight is 304 g/mol. The third kappa shape index (κ3) is 5.64. The van der Waals surface area contributed by atoms with E-state index in [1.165, 1.54) is 11.6 Å². The van der Waals surface area contributed by atoms with Crippen LogP contribution in [-0.2, 0) is 4.74 Å². The molecular formula is C18H24O4. The largest absolute Gasteiger partial charge is 0.508 e. The zero-order valence-electron chi connectivity index (χ0n) is 13.6. The Morgan fingerprint density at radius 1 is 1.18 bits per heavy atom. The highest BCUT2D eigenvalue weighted by Gasteiger charge is 2.16. The second kappa shape index (κ2) is 8.27. The Labute approximate surface area is 131 Å². The molecule has 0 amide bonds. The van der Waals surface area contributed by atoms with Crippen molar-refractivity contribution in [3.8, 4) is 11.5 Å². The molecule has 1 aromatic rings. The molecule has 4 nitrogen and oxygen atoms in total. The highest BCUT2D eigenvalue weighted by Crippen LogP contribution is 2.27. The predicted octanol–water partition coefficient (Wildman–Crippen LogP) is 4.26. The fourth-order valence-electron chi connectivity index (χ4n) is 2.04. The van der Waals surface area contributed by atoms with Crippen LogP contribution >= 0.6 is 0 Å². The van der Waals surface area contributed by atoms with E-state index in [0.29, 0.717) is 5.56 Å². The number of phenolic OH excluding ortho intramolecular Hbond substituents is 2. The van der Waals surface area contributed by atoms with Gasteiger partial charge in [-0.15, -0.1) is 0 Å². The van der Waals surface area contributed by atoms with Gasteiger partial charge in [0.15, 0.2) is 0 Å². The van der Waals surface area contributed by atoms with E-state index in [1.807, 2.05) is 13.0 Å². The van der Waals surface area contributed by atoms with Crippen molar-refractivity contribution in [2.75, 3.05) is 6.61 Å². The minimum absolute atomic E-state index is 0.0819. The summed E-state index contributed by atoms with van der Waals surface area (Å²) in [5.74, 6) is -0.948. The number of carbonyl (C=O) groups excluding carboxylic acids is 1. The summed E-state index contributed by atoms with van der Waals surface area (Å²) in [6.45, 7) is 7.92. The fourth-order valence-corrected chi connectivity index (χ4v) is 2.04. The molecule has 1 rings (SSSR count). The number of carbonyl (C=O) groups is 1. The van der Waals surface area contributed by atoms with E-state index in [2.05, 4.69) is 19.9 Å². The van der Waals surface area contributed by atoms with E-state index in [9.17, 15) is 15.0 Å². The molecule has 0 aliphatic rings. The minimum atomic E-state index is -0.594. The van der Waals surface area contributed by atoms with E-state index >= 15 is 0 Å². The van der Waals surface area contributed by atoms with Crippen LogP contribution in [0.15, 0.2) is 35.4 Å². The molecular weight excluding hydrogens is 280 g/mol. The number of benzene rings is 1. The maximum absolute atomic E-state index is 12.0. The second-order valence-corrected chi connectivity index (χ2v) is 5.63. The Hall–Kier alpha value is -2.23. The molecule has 0 atom stereocenters. The third-order valence-corrected chi connectivity index (χ3v) is 3.24. The van der Waals surface area contributed by atoms with E-state index in [-0.39, 0.29) is 23.7 Å². The van der Waals surface area contributed by atoms with E-state index in [0.717, 1.165) is 24.5 Å². The summed E-state index contributed by atoms with van der Waals surface area (Å²) >= 11 is 0. The molecule has 0 radical (unpaired) electrons. The van der Waals surface area contributed by atoms with Crippen molar-refractivity contribution in [1.82, 2.24) is 0 Å². The molecule has 0 spiro atoms. The molecule has 2 N–H and O–H groups in total. The quantitative estimate of drug-likeness (QED) is 0.609. The van der Waals surface area contributed by atoms with Crippen molar-refractivity contribution in [2.24, 2.45) is 0 Å². The first-order chi connectivity index (χ1) is 10.3. The van der Waals surface area contributed by atoms with Gasteiger partial charge in [-0.3, -0.25) is 0 Å². The Bertz CT molecular complexity index is 570. The Morgan fingerprint density at radius 3 is 2.45 bits per heavy atom. The zero-order chi connectivity index (χ0) is 16.7. The van der Waals surface area contributed by atoms with Gasteiger partial charge in [0.25, 0.3) is 0 Å². The maximum Gasteiger partial charge on any atom is 0.342 e. The lowest BCUT2D eigenvalue weighted by Gasteiger charge is -2.08. The maximum atomic E-state index is 12.0. The lowest BCUT2D eigenvalue weighted by molar-refractivity contribution is 0.0544. The van der Waals surface area contributed by atoms with E-state index < -0.39 is 5.97 Å². The summed E-state index contributed by atoms with van der Waals surface area (Å²) in [6.07, 6.45) is 5.92. The van der Waals surface area contributed by atoms with Crippen LogP contribution in [0.3, 0.4) is 0 Å². The summed E-state index contributed by atoms with van der Waals surface area (Å²) in [5, 5.41) is 19.1. The second-order valence-electron chi connectivity index (χ2n) is 5.63. The number of hydrogen-bond acceptors (Lipinski definition) is 4. The topological polar surface area (TPSA) is 66.8 Å². The van der Waals surface area contributed by atoms with Gasteiger partial charge in [-0.1, -0.05) is 17.2 Å². The van der Waals surface area contributed by atoms with Gasteiger partial charge >= 0.3 is 5.97 Å². The molecule has 0 unspecified atom stereocenters. The SMILES string of the molecule is CC(C)=CCCC(C)=CCOC(=O)c1c(C)cc(O)cc1O. The van der Waals surface area contributed by atoms with Crippen molar-refractivity contribution >= 4 is 5.97 Å². The molecule has 4 heteroatoms. The summed E-state index contributed by atoms with van der Waals surface area (Å²) in [7, 11) is 0. The van der Waals surface area contributed by atoms with E-state index in [4.69, 9.17) is 4.74 Å². The molecule has 0 fully saturated rings. The van der Waals surface area contributed by atoms with Gasteiger partial charge in [0, 0.05) is 6.07 Å². The molecule has 120 valence electrons. The molecule has 0 heterocycles. The number of ether oxygens (including phenoxy) is 1. The highest BCUT2D eigenvalue weighted by atomic mass is 16.5. The average Bonchev–Trinajstić information content (AvgIpc) is 2.36. The number of hydrogen-bond donors (Lipinski definition) is 2. The van der Waals surface area contributed by atoms with Crippen molar-refractivity contribution in [3.63, 3.8) is 0 Å². The number of rotatable bonds is 6. The Morgan fingerprint density at radius 2 is 1.86 bits per heavy atom. The van der Waals surface area contributed by atoms with Crippen molar-refractivity contribution in [2.45, 2.75) is 40.5 Å². The van der Waals surface area contributed by atoms with Crippen molar-refractivity contribution < 1.29 is 19.7 Å². The summed E-state index contributed by atoms with van der Waals surface area (Å²) < 4.78 is 5.16. The standard InChI is InChI=1S/C18H24O4/c1-12(2)6-5-7-13(3)8-9-22-18(21)17-14(4)10-15(19)11-16(17)20/h6,8,10-11,19-20H,5,7,9H2,1-4H3. The van der Waals surface area contributed by atoms with Gasteiger partial charge in [0.2, 0.25) is 0 Å². The zero-order valence-corrected chi connectivity index (χ0v) is 13.6. The lowest BCUT2D eigenvalue weighted by atomic mass is 10.1. The first-order valence-corrected chi connectivity index (χ1v) is 7.30. The molecule has 0 saturated heterocycles. The smallest absolute Gasteiger partial charge is 0.342 e. The molecule has 0 aliphatic heterocycles. The number of esters is 1. The Balaban J connectivity index is 2.58. The Kier molecular flexibility index (Phi) is 6.70. The molecule has 0 saturated carbocycles. The van der Waals surface area contributed by atoms with Crippen LogP contribution in [0.1, 0.15) is 49.5 Å². The first-order valence-electron chi connectivity index (χ1n) is 7.30. The number of phenols is 2. The number of allylic oxidation sites excluding steroid dienone is 3.